The summed E-state index contributed by atoms with van der Waals surface area (Å²) in [6, 6.07) is 5.71. The van der Waals surface area contributed by atoms with Crippen molar-refractivity contribution in [3.63, 3.8) is 0 Å². The smallest absolute Gasteiger partial charge is 0.0441 e. The Hall–Kier alpha value is 0.0900. The molecule has 16 heavy (non-hydrogen) atoms. The van der Waals surface area contributed by atoms with Crippen LogP contribution in [0.5, 0.6) is 0 Å². The molecule has 1 aromatic rings. The number of alkyl halides is 1. The molecule has 1 fully saturated rings. The summed E-state index contributed by atoms with van der Waals surface area (Å²) in [6.45, 7) is 0. The van der Waals surface area contributed by atoms with Gasteiger partial charge in [-0.3, -0.25) is 0 Å². The van der Waals surface area contributed by atoms with Crippen LogP contribution in [0, 0.1) is 0 Å². The topological polar surface area (TPSA) is 0 Å². The fourth-order valence-corrected chi connectivity index (χ4v) is 3.23. The predicted octanol–water partition coefficient (Wildman–Crippen LogP) is 5.65. The largest absolute Gasteiger partial charge is 0.123 e. The van der Waals surface area contributed by atoms with E-state index in [-0.39, 0.29) is 5.38 Å². The molecule has 1 saturated carbocycles. The van der Waals surface area contributed by atoms with Crippen LogP contribution in [0.1, 0.15) is 43.6 Å². The average Bonchev–Trinajstić information content (AvgIpc) is 2.46. The lowest BCUT2D eigenvalue weighted by molar-refractivity contribution is 0.596. The van der Waals surface area contributed by atoms with Gasteiger partial charge in [0.1, 0.15) is 0 Å². The molecular weight excluding hydrogens is 263 g/mol. The van der Waals surface area contributed by atoms with Crippen molar-refractivity contribution in [3.05, 3.63) is 33.8 Å². The molecule has 0 N–H and O–H groups in total. The van der Waals surface area contributed by atoms with Crippen LogP contribution in [0.2, 0.25) is 10.0 Å². The molecule has 0 heterocycles. The Morgan fingerprint density at radius 1 is 1.06 bits per heavy atom. The Kier molecular flexibility index (Phi) is 4.41. The van der Waals surface area contributed by atoms with Crippen LogP contribution >= 0.6 is 34.8 Å². The number of halogens is 3. The molecule has 2 atom stereocenters. The fraction of sp³-hybridized carbons (Fsp3) is 0.538. The molecule has 0 radical (unpaired) electrons. The van der Waals surface area contributed by atoms with Crippen molar-refractivity contribution in [2.45, 2.75) is 43.4 Å². The highest BCUT2D eigenvalue weighted by Crippen LogP contribution is 2.38. The summed E-state index contributed by atoms with van der Waals surface area (Å²) in [5, 5.41) is 1.86. The fourth-order valence-electron chi connectivity index (χ4n) is 2.41. The first kappa shape index (κ1) is 12.5. The van der Waals surface area contributed by atoms with Crippen LogP contribution in [0.3, 0.4) is 0 Å². The maximum atomic E-state index is 6.28. The number of rotatable bonds is 1. The molecule has 1 aliphatic rings. The molecule has 1 aliphatic carbocycles. The van der Waals surface area contributed by atoms with Crippen LogP contribution in [0.15, 0.2) is 18.2 Å². The average molecular weight is 278 g/mol. The molecule has 0 nitrogen and oxygen atoms in total. The predicted molar refractivity (Wildman–Crippen MR) is 71.9 cm³/mol. The molecular formula is C13H15Cl3. The Morgan fingerprint density at radius 2 is 1.81 bits per heavy atom. The molecule has 0 amide bonds. The Morgan fingerprint density at radius 3 is 2.62 bits per heavy atom. The van der Waals surface area contributed by atoms with Crippen LogP contribution in [-0.4, -0.2) is 5.38 Å². The summed E-state index contributed by atoms with van der Waals surface area (Å²) in [5.41, 5.74) is 1.17. The zero-order chi connectivity index (χ0) is 11.5. The Balaban J connectivity index is 2.24. The summed E-state index contributed by atoms with van der Waals surface area (Å²) >= 11 is 18.5. The normalized spacial score (nSPS) is 26.4. The summed E-state index contributed by atoms with van der Waals surface area (Å²) in [6.07, 6.45) is 5.76. The van der Waals surface area contributed by atoms with Gasteiger partial charge in [0.2, 0.25) is 0 Å². The second-order valence-corrected chi connectivity index (χ2v) is 5.94. The summed E-state index contributed by atoms with van der Waals surface area (Å²) in [7, 11) is 0. The maximum Gasteiger partial charge on any atom is 0.0441 e. The zero-order valence-corrected chi connectivity index (χ0v) is 11.3. The van der Waals surface area contributed by atoms with E-state index >= 15 is 0 Å². The van der Waals surface area contributed by atoms with E-state index in [2.05, 4.69) is 0 Å². The molecule has 0 aromatic heterocycles. The molecule has 2 rings (SSSR count). The lowest BCUT2D eigenvalue weighted by atomic mass is 9.92. The number of hydrogen-bond donors (Lipinski definition) is 0. The SMILES string of the molecule is Clc1ccc(Cl)c(C2CCCCC(Cl)C2)c1. The minimum absolute atomic E-state index is 0.280. The van der Waals surface area contributed by atoms with E-state index in [1.807, 2.05) is 18.2 Å². The van der Waals surface area contributed by atoms with E-state index in [0.29, 0.717) is 5.92 Å². The van der Waals surface area contributed by atoms with Crippen molar-refractivity contribution in [1.82, 2.24) is 0 Å². The highest BCUT2D eigenvalue weighted by atomic mass is 35.5. The molecule has 0 bridgehead atoms. The van der Waals surface area contributed by atoms with E-state index in [4.69, 9.17) is 34.8 Å². The first-order valence-electron chi connectivity index (χ1n) is 5.76. The van der Waals surface area contributed by atoms with Gasteiger partial charge in [0.15, 0.2) is 0 Å². The quantitative estimate of drug-likeness (QED) is 0.460. The summed E-state index contributed by atoms with van der Waals surface area (Å²) in [5.74, 6) is 0.469. The number of hydrogen-bond acceptors (Lipinski definition) is 0. The van der Waals surface area contributed by atoms with Gasteiger partial charge < -0.3 is 0 Å². The molecule has 3 heteroatoms. The van der Waals surface area contributed by atoms with Gasteiger partial charge >= 0.3 is 0 Å². The lowest BCUT2D eigenvalue weighted by Gasteiger charge is -2.18. The van der Waals surface area contributed by atoms with Gasteiger partial charge in [-0.25, -0.2) is 0 Å². The molecule has 0 saturated heterocycles. The third kappa shape index (κ3) is 3.06. The minimum Gasteiger partial charge on any atom is -0.123 e. The van der Waals surface area contributed by atoms with E-state index in [1.165, 1.54) is 24.8 Å². The van der Waals surface area contributed by atoms with E-state index in [9.17, 15) is 0 Å². The van der Waals surface area contributed by atoms with Crippen molar-refractivity contribution >= 4 is 34.8 Å². The molecule has 88 valence electrons. The van der Waals surface area contributed by atoms with E-state index in [0.717, 1.165) is 22.9 Å². The monoisotopic (exact) mass is 276 g/mol. The van der Waals surface area contributed by atoms with Crippen LogP contribution in [0.4, 0.5) is 0 Å². The molecule has 0 spiro atoms. The van der Waals surface area contributed by atoms with Gasteiger partial charge in [-0.2, -0.15) is 0 Å². The van der Waals surface area contributed by atoms with Crippen molar-refractivity contribution in [1.29, 1.82) is 0 Å². The molecule has 2 unspecified atom stereocenters. The zero-order valence-electron chi connectivity index (χ0n) is 9.06. The third-order valence-corrected chi connectivity index (χ3v) is 4.23. The van der Waals surface area contributed by atoms with Crippen molar-refractivity contribution in [3.8, 4) is 0 Å². The van der Waals surface area contributed by atoms with Crippen LogP contribution < -0.4 is 0 Å². The van der Waals surface area contributed by atoms with Crippen molar-refractivity contribution < 1.29 is 0 Å². The van der Waals surface area contributed by atoms with Crippen LogP contribution in [-0.2, 0) is 0 Å². The first-order chi connectivity index (χ1) is 7.66. The third-order valence-electron chi connectivity index (χ3n) is 3.26. The van der Waals surface area contributed by atoms with E-state index in [1.54, 1.807) is 0 Å². The van der Waals surface area contributed by atoms with Crippen molar-refractivity contribution in [2.75, 3.05) is 0 Å². The second-order valence-electron chi connectivity index (χ2n) is 4.48. The highest BCUT2D eigenvalue weighted by molar-refractivity contribution is 6.33. The van der Waals surface area contributed by atoms with Gasteiger partial charge in [-0.05, 0) is 48.9 Å². The van der Waals surface area contributed by atoms with Gasteiger partial charge in [0, 0.05) is 15.4 Å². The Bertz CT molecular complexity index is 362. The Labute approximate surface area is 112 Å². The van der Waals surface area contributed by atoms with Crippen molar-refractivity contribution in [2.24, 2.45) is 0 Å². The molecule has 0 aliphatic heterocycles. The lowest BCUT2D eigenvalue weighted by Crippen LogP contribution is -2.04. The van der Waals surface area contributed by atoms with Gasteiger partial charge in [-0.1, -0.05) is 36.0 Å². The van der Waals surface area contributed by atoms with Gasteiger partial charge in [-0.15, -0.1) is 11.6 Å². The number of benzene rings is 1. The first-order valence-corrected chi connectivity index (χ1v) is 6.95. The second kappa shape index (κ2) is 5.62. The minimum atomic E-state index is 0.280. The highest BCUT2D eigenvalue weighted by Gasteiger charge is 2.21. The van der Waals surface area contributed by atoms with Crippen LogP contribution in [0.25, 0.3) is 0 Å². The maximum absolute atomic E-state index is 6.28. The van der Waals surface area contributed by atoms with Gasteiger partial charge in [0.05, 0.1) is 0 Å². The summed E-state index contributed by atoms with van der Waals surface area (Å²) < 4.78 is 0. The summed E-state index contributed by atoms with van der Waals surface area (Å²) in [4.78, 5) is 0. The van der Waals surface area contributed by atoms with Gasteiger partial charge in [0.25, 0.3) is 0 Å². The standard InChI is InChI=1S/C13H15Cl3/c14-10-4-2-1-3-9(7-10)12-8-11(15)5-6-13(12)16/h5-6,8-10H,1-4,7H2. The molecule has 1 aromatic carbocycles. The van der Waals surface area contributed by atoms with E-state index < -0.39 is 0 Å².